The Kier molecular flexibility index (Phi) is 5.64. The number of aromatic nitrogens is 1. The van der Waals surface area contributed by atoms with E-state index in [1.807, 2.05) is 12.1 Å². The highest BCUT2D eigenvalue weighted by molar-refractivity contribution is 7.89. The molecule has 1 aromatic heterocycles. The number of ether oxygens (including phenoxy) is 1. The normalized spacial score (nSPS) is 16.8. The molecule has 33 heavy (non-hydrogen) atoms. The zero-order valence-corrected chi connectivity index (χ0v) is 19.5. The van der Waals surface area contributed by atoms with Crippen molar-refractivity contribution in [3.8, 4) is 17.1 Å². The van der Waals surface area contributed by atoms with Crippen molar-refractivity contribution in [1.29, 1.82) is 0 Å². The molecule has 1 amide bonds. The number of methoxy groups -OCH3 is 1. The molecule has 0 N–H and O–H groups in total. The molecule has 2 aliphatic heterocycles. The Balaban J connectivity index is 1.50. The van der Waals surface area contributed by atoms with Gasteiger partial charge in [0.2, 0.25) is 15.9 Å². The maximum atomic E-state index is 13.7. The second-order valence-corrected chi connectivity index (χ2v) is 10.4. The first kappa shape index (κ1) is 21.9. The van der Waals surface area contributed by atoms with Gasteiger partial charge in [0, 0.05) is 54.3 Å². The third-order valence-electron chi connectivity index (χ3n) is 6.06. The van der Waals surface area contributed by atoms with E-state index in [9.17, 15) is 13.2 Å². The highest BCUT2D eigenvalue weighted by atomic mass is 35.5. The lowest BCUT2D eigenvalue weighted by Crippen LogP contribution is -2.36. The predicted octanol–water partition coefficient (Wildman–Crippen LogP) is 3.88. The first-order valence-electron chi connectivity index (χ1n) is 10.6. The van der Waals surface area contributed by atoms with Crippen molar-refractivity contribution >= 4 is 33.2 Å². The van der Waals surface area contributed by atoms with Crippen molar-refractivity contribution < 1.29 is 22.5 Å². The average molecular weight is 488 g/mol. The van der Waals surface area contributed by atoms with Crippen molar-refractivity contribution in [2.45, 2.75) is 30.7 Å². The van der Waals surface area contributed by atoms with Crippen molar-refractivity contribution in [2.75, 3.05) is 25.1 Å². The Hall–Kier alpha value is -2.88. The van der Waals surface area contributed by atoms with Gasteiger partial charge in [-0.15, -0.1) is 0 Å². The lowest BCUT2D eigenvalue weighted by molar-refractivity contribution is -0.117. The number of anilines is 1. The van der Waals surface area contributed by atoms with Crippen molar-refractivity contribution in [1.82, 2.24) is 9.46 Å². The predicted molar refractivity (Wildman–Crippen MR) is 123 cm³/mol. The van der Waals surface area contributed by atoms with Crippen LogP contribution in [0.25, 0.3) is 11.3 Å². The van der Waals surface area contributed by atoms with Crippen LogP contribution in [0.1, 0.15) is 24.1 Å². The van der Waals surface area contributed by atoms with Crippen LogP contribution in [0.2, 0.25) is 5.02 Å². The van der Waals surface area contributed by atoms with Gasteiger partial charge < -0.3 is 14.2 Å². The van der Waals surface area contributed by atoms with Gasteiger partial charge in [-0.05, 0) is 48.9 Å². The van der Waals surface area contributed by atoms with Crippen molar-refractivity contribution in [3.63, 3.8) is 0 Å². The molecule has 1 saturated heterocycles. The van der Waals surface area contributed by atoms with Crippen LogP contribution < -0.4 is 9.64 Å². The Bertz CT molecular complexity index is 1320. The van der Waals surface area contributed by atoms with Gasteiger partial charge in [0.25, 0.3) is 0 Å². The van der Waals surface area contributed by atoms with Crippen LogP contribution in [0.3, 0.4) is 0 Å². The van der Waals surface area contributed by atoms with E-state index in [0.717, 1.165) is 23.2 Å². The number of benzene rings is 2. The minimum Gasteiger partial charge on any atom is -0.495 e. The number of carbonyl (C=O) groups excluding carboxylic acids is 1. The summed E-state index contributed by atoms with van der Waals surface area (Å²) in [6, 6.07) is 12.0. The molecule has 0 spiro atoms. The van der Waals surface area contributed by atoms with Gasteiger partial charge >= 0.3 is 0 Å². The second kappa shape index (κ2) is 8.48. The van der Waals surface area contributed by atoms with Crippen molar-refractivity contribution in [3.05, 3.63) is 58.7 Å². The average Bonchev–Trinajstić information content (AvgIpc) is 3.45. The van der Waals surface area contributed by atoms with Crippen LogP contribution in [0, 0.1) is 0 Å². The van der Waals surface area contributed by atoms with Gasteiger partial charge in [-0.25, -0.2) is 8.42 Å². The van der Waals surface area contributed by atoms with Crippen LogP contribution >= 0.6 is 11.6 Å². The van der Waals surface area contributed by atoms with E-state index < -0.39 is 10.0 Å². The van der Waals surface area contributed by atoms with Crippen LogP contribution in [0.15, 0.2) is 51.9 Å². The highest BCUT2D eigenvalue weighted by Gasteiger charge is 2.35. The minimum atomic E-state index is -3.92. The fourth-order valence-corrected chi connectivity index (χ4v) is 6.03. The Morgan fingerprint density at radius 2 is 1.88 bits per heavy atom. The van der Waals surface area contributed by atoms with E-state index in [-0.39, 0.29) is 29.6 Å². The number of sulfonamides is 1. The van der Waals surface area contributed by atoms with E-state index in [2.05, 4.69) is 5.16 Å². The van der Waals surface area contributed by atoms with E-state index in [1.54, 1.807) is 29.2 Å². The zero-order chi connectivity index (χ0) is 23.2. The summed E-state index contributed by atoms with van der Waals surface area (Å²) in [6.07, 6.45) is 1.64. The first-order chi connectivity index (χ1) is 15.9. The highest BCUT2D eigenvalue weighted by Crippen LogP contribution is 2.37. The van der Waals surface area contributed by atoms with E-state index in [1.165, 1.54) is 17.5 Å². The topological polar surface area (TPSA) is 93.0 Å². The summed E-state index contributed by atoms with van der Waals surface area (Å²) in [6.45, 7) is 0.954. The summed E-state index contributed by atoms with van der Waals surface area (Å²) in [5.41, 5.74) is 2.81. The zero-order valence-electron chi connectivity index (χ0n) is 18.0. The molecule has 2 aromatic carbocycles. The molecule has 172 valence electrons. The third kappa shape index (κ3) is 3.90. The minimum absolute atomic E-state index is 0.0109. The molecule has 2 aliphatic rings. The molecule has 3 aromatic rings. The number of fused-ring (bicyclic) bond motifs is 1. The largest absolute Gasteiger partial charge is 0.495 e. The Labute approximate surface area is 196 Å². The molecule has 0 aliphatic carbocycles. The lowest BCUT2D eigenvalue weighted by Gasteiger charge is -2.27. The molecular formula is C23H22ClN3O5S. The van der Waals surface area contributed by atoms with Gasteiger partial charge in [-0.3, -0.25) is 4.79 Å². The Morgan fingerprint density at radius 3 is 2.58 bits per heavy atom. The van der Waals surface area contributed by atoms with E-state index >= 15 is 0 Å². The molecule has 0 saturated carbocycles. The molecule has 0 atom stereocenters. The van der Waals surface area contributed by atoms with Gasteiger partial charge in [0.1, 0.15) is 10.6 Å². The van der Waals surface area contributed by atoms with Crippen LogP contribution in [0.4, 0.5) is 5.69 Å². The maximum absolute atomic E-state index is 13.7. The SMILES string of the molecule is COc1ccc(N2CCCC2=O)cc1S(=O)(=O)N1CCc2noc(-c3ccc(Cl)cc3)c2C1. The molecule has 1 fully saturated rings. The summed E-state index contributed by atoms with van der Waals surface area (Å²) >= 11 is 5.99. The Morgan fingerprint density at radius 1 is 1.09 bits per heavy atom. The molecule has 0 unspecified atom stereocenters. The van der Waals surface area contributed by atoms with Crippen LogP contribution in [0.5, 0.6) is 5.75 Å². The van der Waals surface area contributed by atoms with E-state index in [4.69, 9.17) is 20.9 Å². The summed E-state index contributed by atoms with van der Waals surface area (Å²) in [4.78, 5) is 13.9. The summed E-state index contributed by atoms with van der Waals surface area (Å²) in [5, 5.41) is 4.75. The standard InChI is InChI=1S/C23H22ClN3O5S/c1-31-20-9-8-17(27-11-2-3-22(27)28)13-21(20)33(29,30)26-12-10-19-18(14-26)23(32-25-19)15-4-6-16(24)7-5-15/h4-9,13H,2-3,10-12,14H2,1H3. The van der Waals surface area contributed by atoms with Gasteiger partial charge in [-0.2, -0.15) is 4.31 Å². The van der Waals surface area contributed by atoms with Crippen LogP contribution in [-0.2, 0) is 27.8 Å². The molecule has 5 rings (SSSR count). The summed E-state index contributed by atoms with van der Waals surface area (Å²) in [5.74, 6) is 0.757. The second-order valence-electron chi connectivity index (χ2n) is 8.02. The number of hydrogen-bond donors (Lipinski definition) is 0. The number of nitrogens with zero attached hydrogens (tertiary/aromatic N) is 3. The maximum Gasteiger partial charge on any atom is 0.247 e. The third-order valence-corrected chi connectivity index (χ3v) is 8.18. The summed E-state index contributed by atoms with van der Waals surface area (Å²) in [7, 11) is -2.49. The van der Waals surface area contributed by atoms with Gasteiger partial charge in [0.05, 0.1) is 12.8 Å². The first-order valence-corrected chi connectivity index (χ1v) is 12.4. The molecule has 10 heteroatoms. The monoisotopic (exact) mass is 487 g/mol. The lowest BCUT2D eigenvalue weighted by atomic mass is 10.0. The van der Waals surface area contributed by atoms with Gasteiger partial charge in [-0.1, -0.05) is 16.8 Å². The van der Waals surface area contributed by atoms with Crippen LogP contribution in [-0.4, -0.2) is 44.0 Å². The molecule has 0 bridgehead atoms. The number of hydrogen-bond acceptors (Lipinski definition) is 6. The molecule has 0 radical (unpaired) electrons. The smallest absolute Gasteiger partial charge is 0.247 e. The molecular weight excluding hydrogens is 466 g/mol. The molecule has 8 nitrogen and oxygen atoms in total. The number of amides is 1. The number of halogens is 1. The number of rotatable bonds is 5. The quantitative estimate of drug-likeness (QED) is 0.542. The van der Waals surface area contributed by atoms with Crippen molar-refractivity contribution in [2.24, 2.45) is 0 Å². The summed E-state index contributed by atoms with van der Waals surface area (Å²) < 4.78 is 39.8. The fraction of sp³-hybridized carbons (Fsp3) is 0.304. The number of carbonyl (C=O) groups is 1. The van der Waals surface area contributed by atoms with E-state index in [0.29, 0.717) is 35.9 Å². The fourth-order valence-electron chi connectivity index (χ4n) is 4.32. The molecule has 3 heterocycles. The van der Waals surface area contributed by atoms with Gasteiger partial charge in [0.15, 0.2) is 5.76 Å².